The summed E-state index contributed by atoms with van der Waals surface area (Å²) in [5, 5.41) is 2.60. The molecule has 1 amide bonds. The number of nitrogens with one attached hydrogen (secondary N) is 1. The van der Waals surface area contributed by atoms with Crippen LogP contribution in [0.25, 0.3) is 0 Å². The zero-order valence-electron chi connectivity index (χ0n) is 11.1. The fraction of sp³-hybridized carbons (Fsp3) is 0.462. The first-order valence-corrected chi connectivity index (χ1v) is 6.01. The lowest BCUT2D eigenvalue weighted by atomic mass is 10.1. The molecule has 1 saturated heterocycles. The topological polar surface area (TPSA) is 56.8 Å². The summed E-state index contributed by atoms with van der Waals surface area (Å²) in [6.45, 7) is 0.640. The monoisotopic (exact) mass is 287 g/mol. The third kappa shape index (κ3) is 2.73. The third-order valence-electron chi connectivity index (χ3n) is 3.15. The van der Waals surface area contributed by atoms with Gasteiger partial charge in [0, 0.05) is 7.11 Å². The van der Waals surface area contributed by atoms with Gasteiger partial charge in [-0.15, -0.1) is 0 Å². The van der Waals surface area contributed by atoms with Gasteiger partial charge in [0.05, 0.1) is 31.9 Å². The van der Waals surface area contributed by atoms with Crippen LogP contribution in [0.15, 0.2) is 12.1 Å². The van der Waals surface area contributed by atoms with Gasteiger partial charge in [0.2, 0.25) is 0 Å². The molecule has 0 radical (unpaired) electrons. The molecule has 0 spiro atoms. The van der Waals surface area contributed by atoms with Crippen molar-refractivity contribution in [3.05, 3.63) is 29.3 Å². The van der Waals surface area contributed by atoms with Crippen LogP contribution in [0, 0.1) is 11.6 Å². The van der Waals surface area contributed by atoms with Crippen LogP contribution in [-0.4, -0.2) is 45.5 Å². The van der Waals surface area contributed by atoms with E-state index in [0.29, 0.717) is 6.61 Å². The highest BCUT2D eigenvalue weighted by Crippen LogP contribution is 2.24. The number of amides is 1. The number of hydrogen-bond acceptors (Lipinski definition) is 4. The molecule has 0 unspecified atom stereocenters. The summed E-state index contributed by atoms with van der Waals surface area (Å²) in [6, 6.07) is 1.68. The van der Waals surface area contributed by atoms with Gasteiger partial charge in [0.1, 0.15) is 6.10 Å². The van der Waals surface area contributed by atoms with Crippen molar-refractivity contribution in [1.82, 2.24) is 5.32 Å². The lowest BCUT2D eigenvalue weighted by Gasteiger charge is -2.18. The van der Waals surface area contributed by atoms with E-state index in [-0.39, 0.29) is 24.3 Å². The van der Waals surface area contributed by atoms with Crippen LogP contribution in [0.5, 0.6) is 5.75 Å². The Balaban J connectivity index is 2.17. The number of rotatable bonds is 4. The number of carbonyl (C=O) groups excluding carboxylic acids is 1. The van der Waals surface area contributed by atoms with Gasteiger partial charge in [-0.2, -0.15) is 0 Å². The van der Waals surface area contributed by atoms with Crippen LogP contribution < -0.4 is 10.1 Å². The molecular formula is C13H15F2NO4. The van der Waals surface area contributed by atoms with Gasteiger partial charge < -0.3 is 19.5 Å². The Morgan fingerprint density at radius 3 is 2.75 bits per heavy atom. The molecule has 7 heteroatoms. The third-order valence-corrected chi connectivity index (χ3v) is 3.15. The van der Waals surface area contributed by atoms with E-state index < -0.39 is 23.3 Å². The van der Waals surface area contributed by atoms with Crippen molar-refractivity contribution in [2.75, 3.05) is 27.4 Å². The van der Waals surface area contributed by atoms with Gasteiger partial charge in [-0.3, -0.25) is 4.79 Å². The van der Waals surface area contributed by atoms with Crippen molar-refractivity contribution in [1.29, 1.82) is 0 Å². The summed E-state index contributed by atoms with van der Waals surface area (Å²) in [6.07, 6.45) is -0.288. The smallest absolute Gasteiger partial charge is 0.254 e. The highest BCUT2D eigenvalue weighted by atomic mass is 19.1. The first-order chi connectivity index (χ1) is 9.58. The lowest BCUT2D eigenvalue weighted by molar-refractivity contribution is 0.0684. The number of hydrogen-bond donors (Lipinski definition) is 1. The summed E-state index contributed by atoms with van der Waals surface area (Å²) >= 11 is 0. The van der Waals surface area contributed by atoms with Crippen LogP contribution in [0.1, 0.15) is 10.4 Å². The van der Waals surface area contributed by atoms with Crippen LogP contribution in [0.2, 0.25) is 0 Å². The molecule has 1 aromatic rings. The molecule has 1 N–H and O–H groups in total. The first kappa shape index (κ1) is 14.7. The highest BCUT2D eigenvalue weighted by Gasteiger charge is 2.31. The maximum atomic E-state index is 13.9. The average Bonchev–Trinajstić information content (AvgIpc) is 2.86. The Kier molecular flexibility index (Phi) is 4.51. The molecule has 110 valence electrons. The first-order valence-electron chi connectivity index (χ1n) is 6.01. The van der Waals surface area contributed by atoms with Crippen molar-refractivity contribution < 1.29 is 27.8 Å². The molecule has 1 aromatic carbocycles. The Hall–Kier alpha value is -1.73. The molecule has 1 aliphatic heterocycles. The van der Waals surface area contributed by atoms with Gasteiger partial charge >= 0.3 is 0 Å². The summed E-state index contributed by atoms with van der Waals surface area (Å²) in [5.74, 6) is -3.14. The van der Waals surface area contributed by atoms with E-state index >= 15 is 0 Å². The predicted octanol–water partition coefficient (Wildman–Crippen LogP) is 1.12. The number of methoxy groups -OCH3 is 2. The van der Waals surface area contributed by atoms with Gasteiger partial charge in [-0.05, 0) is 12.1 Å². The van der Waals surface area contributed by atoms with Crippen LogP contribution in [-0.2, 0) is 9.47 Å². The maximum absolute atomic E-state index is 13.9. The normalized spacial score (nSPS) is 21.8. The van der Waals surface area contributed by atoms with Crippen molar-refractivity contribution in [3.8, 4) is 5.75 Å². The molecule has 0 aromatic heterocycles. The minimum atomic E-state index is -1.03. The fourth-order valence-corrected chi connectivity index (χ4v) is 2.04. The minimum Gasteiger partial charge on any atom is -0.491 e. The number of halogens is 2. The molecule has 5 nitrogen and oxygen atoms in total. The van der Waals surface area contributed by atoms with Gasteiger partial charge in [-0.1, -0.05) is 0 Å². The predicted molar refractivity (Wildman–Crippen MR) is 65.8 cm³/mol. The Morgan fingerprint density at radius 2 is 2.10 bits per heavy atom. The quantitative estimate of drug-likeness (QED) is 0.901. The second-order valence-electron chi connectivity index (χ2n) is 4.33. The van der Waals surface area contributed by atoms with Crippen molar-refractivity contribution >= 4 is 5.91 Å². The van der Waals surface area contributed by atoms with E-state index in [0.717, 1.165) is 19.2 Å². The summed E-state index contributed by atoms with van der Waals surface area (Å²) < 4.78 is 42.1. The van der Waals surface area contributed by atoms with Crippen molar-refractivity contribution in [2.45, 2.75) is 12.1 Å². The summed E-state index contributed by atoms with van der Waals surface area (Å²) in [4.78, 5) is 12.0. The maximum Gasteiger partial charge on any atom is 0.254 e. The number of benzene rings is 1. The lowest BCUT2D eigenvalue weighted by Crippen LogP contribution is -2.43. The molecule has 1 aliphatic rings. The van der Waals surface area contributed by atoms with Crippen LogP contribution in [0.3, 0.4) is 0 Å². The van der Waals surface area contributed by atoms with E-state index in [1.807, 2.05) is 0 Å². The molecule has 20 heavy (non-hydrogen) atoms. The molecule has 0 bridgehead atoms. The molecule has 2 rings (SSSR count). The largest absolute Gasteiger partial charge is 0.491 e. The van der Waals surface area contributed by atoms with Gasteiger partial charge in [-0.25, -0.2) is 8.78 Å². The average molecular weight is 287 g/mol. The minimum absolute atomic E-state index is 0.282. The van der Waals surface area contributed by atoms with Crippen LogP contribution in [0.4, 0.5) is 8.78 Å². The molecule has 1 fully saturated rings. The Morgan fingerprint density at radius 1 is 1.35 bits per heavy atom. The van der Waals surface area contributed by atoms with Gasteiger partial charge in [0.25, 0.3) is 5.91 Å². The molecule has 0 saturated carbocycles. The molecule has 1 heterocycles. The summed E-state index contributed by atoms with van der Waals surface area (Å²) in [7, 11) is 2.63. The van der Waals surface area contributed by atoms with Gasteiger partial charge in [0.15, 0.2) is 17.4 Å². The van der Waals surface area contributed by atoms with E-state index in [1.165, 1.54) is 7.11 Å². The van der Waals surface area contributed by atoms with Crippen molar-refractivity contribution in [3.63, 3.8) is 0 Å². The van der Waals surface area contributed by atoms with E-state index in [9.17, 15) is 13.6 Å². The van der Waals surface area contributed by atoms with E-state index in [4.69, 9.17) is 9.47 Å². The SMILES string of the molecule is COc1c(F)ccc(C(=O)N[C@H]2COC[C@@H]2OC)c1F. The molecule has 0 aliphatic carbocycles. The zero-order valence-corrected chi connectivity index (χ0v) is 11.1. The zero-order chi connectivity index (χ0) is 14.7. The summed E-state index contributed by atoms with van der Waals surface area (Å²) in [5.41, 5.74) is -0.287. The second kappa shape index (κ2) is 6.15. The van der Waals surface area contributed by atoms with Crippen molar-refractivity contribution in [2.24, 2.45) is 0 Å². The Labute approximate surface area is 114 Å². The standard InChI is InChI=1S/C13H15F2NO4/c1-18-10-6-20-5-9(10)16-13(17)7-3-4-8(14)12(19-2)11(7)15/h3-4,9-10H,5-6H2,1-2H3,(H,16,17)/t9-,10-/m0/s1. The van der Waals surface area contributed by atoms with E-state index in [1.54, 1.807) is 0 Å². The Bertz CT molecular complexity index is 509. The molecule has 2 atom stereocenters. The fourth-order valence-electron chi connectivity index (χ4n) is 2.04. The van der Waals surface area contributed by atoms with Crippen LogP contribution >= 0.6 is 0 Å². The number of carbonyl (C=O) groups is 1. The van der Waals surface area contributed by atoms with E-state index in [2.05, 4.69) is 10.1 Å². The number of ether oxygens (including phenoxy) is 3. The molecular weight excluding hydrogens is 272 g/mol. The second-order valence-corrected chi connectivity index (χ2v) is 4.33. The highest BCUT2D eigenvalue weighted by molar-refractivity contribution is 5.95.